The maximum Gasteiger partial charge on any atom is 0.119 e. The topological polar surface area (TPSA) is 21.3 Å². The number of benzene rings is 1. The molecule has 1 aliphatic heterocycles. The lowest BCUT2D eigenvalue weighted by Gasteiger charge is -2.22. The Morgan fingerprint density at radius 3 is 2.79 bits per heavy atom. The van der Waals surface area contributed by atoms with Crippen LogP contribution in [0.5, 0.6) is 5.75 Å². The molecule has 106 valence electrons. The lowest BCUT2D eigenvalue weighted by atomic mass is 9.91. The fourth-order valence-corrected chi connectivity index (χ4v) is 2.59. The highest BCUT2D eigenvalue weighted by molar-refractivity contribution is 5.28. The molecule has 1 aromatic rings. The number of nitrogens with one attached hydrogen (secondary N) is 1. The Morgan fingerprint density at radius 2 is 2.05 bits per heavy atom. The standard InChI is InChI=1S/C17H27NO/c1-14(2)13-19-17-5-3-4-16(12-17)7-6-15-8-10-18-11-9-15/h3-5,12,14-15,18H,6-11,13H2,1-2H3. The average molecular weight is 261 g/mol. The van der Waals surface area contributed by atoms with Crippen LogP contribution in [0, 0.1) is 11.8 Å². The average Bonchev–Trinajstić information content (AvgIpc) is 2.44. The van der Waals surface area contributed by atoms with E-state index in [1.54, 1.807) is 0 Å². The number of hydrogen-bond donors (Lipinski definition) is 1. The highest BCUT2D eigenvalue weighted by Crippen LogP contribution is 2.21. The molecule has 0 saturated carbocycles. The van der Waals surface area contributed by atoms with Crippen molar-refractivity contribution in [3.05, 3.63) is 29.8 Å². The van der Waals surface area contributed by atoms with Gasteiger partial charge < -0.3 is 10.1 Å². The lowest BCUT2D eigenvalue weighted by molar-refractivity contribution is 0.270. The van der Waals surface area contributed by atoms with E-state index in [2.05, 4.69) is 43.4 Å². The van der Waals surface area contributed by atoms with Crippen molar-refractivity contribution in [1.82, 2.24) is 5.32 Å². The van der Waals surface area contributed by atoms with Crippen molar-refractivity contribution in [2.24, 2.45) is 11.8 Å². The number of ether oxygens (including phenoxy) is 1. The minimum Gasteiger partial charge on any atom is -0.493 e. The van der Waals surface area contributed by atoms with E-state index in [-0.39, 0.29) is 0 Å². The summed E-state index contributed by atoms with van der Waals surface area (Å²) in [4.78, 5) is 0. The molecule has 2 rings (SSSR count). The highest BCUT2D eigenvalue weighted by Gasteiger charge is 2.12. The van der Waals surface area contributed by atoms with Gasteiger partial charge in [-0.05, 0) is 68.3 Å². The zero-order chi connectivity index (χ0) is 13.5. The van der Waals surface area contributed by atoms with Gasteiger partial charge in [-0.15, -0.1) is 0 Å². The summed E-state index contributed by atoms with van der Waals surface area (Å²) in [5, 5.41) is 3.43. The number of aryl methyl sites for hydroxylation is 1. The minimum atomic E-state index is 0.582. The van der Waals surface area contributed by atoms with Crippen LogP contribution in [0.2, 0.25) is 0 Å². The molecule has 1 N–H and O–H groups in total. The summed E-state index contributed by atoms with van der Waals surface area (Å²) < 4.78 is 5.79. The second kappa shape index (κ2) is 7.54. The molecule has 0 bridgehead atoms. The van der Waals surface area contributed by atoms with E-state index in [0.717, 1.165) is 18.3 Å². The largest absolute Gasteiger partial charge is 0.493 e. The monoisotopic (exact) mass is 261 g/mol. The molecule has 0 amide bonds. The van der Waals surface area contributed by atoms with Gasteiger partial charge in [0.05, 0.1) is 6.61 Å². The van der Waals surface area contributed by atoms with Crippen LogP contribution in [0.4, 0.5) is 0 Å². The van der Waals surface area contributed by atoms with Crippen LogP contribution >= 0.6 is 0 Å². The summed E-state index contributed by atoms with van der Waals surface area (Å²) in [5.74, 6) is 2.51. The fraction of sp³-hybridized carbons (Fsp3) is 0.647. The zero-order valence-corrected chi connectivity index (χ0v) is 12.3. The second-order valence-corrected chi connectivity index (χ2v) is 6.08. The van der Waals surface area contributed by atoms with E-state index >= 15 is 0 Å². The Balaban J connectivity index is 1.80. The second-order valence-electron chi connectivity index (χ2n) is 6.08. The van der Waals surface area contributed by atoms with Gasteiger partial charge in [0.2, 0.25) is 0 Å². The van der Waals surface area contributed by atoms with E-state index in [4.69, 9.17) is 4.74 Å². The van der Waals surface area contributed by atoms with E-state index < -0.39 is 0 Å². The molecular formula is C17H27NO. The van der Waals surface area contributed by atoms with Gasteiger partial charge in [-0.25, -0.2) is 0 Å². The first-order chi connectivity index (χ1) is 9.24. The zero-order valence-electron chi connectivity index (χ0n) is 12.3. The molecule has 2 nitrogen and oxygen atoms in total. The Kier molecular flexibility index (Phi) is 5.71. The van der Waals surface area contributed by atoms with Crippen LogP contribution in [0.1, 0.15) is 38.7 Å². The number of hydrogen-bond acceptors (Lipinski definition) is 2. The summed E-state index contributed by atoms with van der Waals surface area (Å²) in [6.45, 7) is 7.56. The summed E-state index contributed by atoms with van der Waals surface area (Å²) in [6, 6.07) is 8.62. The van der Waals surface area contributed by atoms with E-state index in [1.165, 1.54) is 44.3 Å². The third-order valence-electron chi connectivity index (χ3n) is 3.78. The maximum absolute atomic E-state index is 5.79. The first-order valence-corrected chi connectivity index (χ1v) is 7.66. The smallest absolute Gasteiger partial charge is 0.119 e. The first kappa shape index (κ1) is 14.4. The molecule has 2 heteroatoms. The predicted molar refractivity (Wildman–Crippen MR) is 80.7 cm³/mol. The fourth-order valence-electron chi connectivity index (χ4n) is 2.59. The minimum absolute atomic E-state index is 0.582. The lowest BCUT2D eigenvalue weighted by Crippen LogP contribution is -2.27. The van der Waals surface area contributed by atoms with Gasteiger partial charge in [-0.1, -0.05) is 26.0 Å². The van der Waals surface area contributed by atoms with Gasteiger partial charge in [-0.2, -0.15) is 0 Å². The van der Waals surface area contributed by atoms with Crippen molar-refractivity contribution < 1.29 is 4.74 Å². The highest BCUT2D eigenvalue weighted by atomic mass is 16.5. The van der Waals surface area contributed by atoms with Gasteiger partial charge in [-0.3, -0.25) is 0 Å². The van der Waals surface area contributed by atoms with Crippen molar-refractivity contribution in [3.63, 3.8) is 0 Å². The van der Waals surface area contributed by atoms with Gasteiger partial charge in [0.1, 0.15) is 5.75 Å². The van der Waals surface area contributed by atoms with Crippen LogP contribution in [0.25, 0.3) is 0 Å². The quantitative estimate of drug-likeness (QED) is 0.844. The molecule has 0 atom stereocenters. The summed E-state index contributed by atoms with van der Waals surface area (Å²) in [6.07, 6.45) is 5.17. The maximum atomic E-state index is 5.79. The first-order valence-electron chi connectivity index (χ1n) is 7.66. The molecule has 1 fully saturated rings. The van der Waals surface area contributed by atoms with Gasteiger partial charge in [0.25, 0.3) is 0 Å². The molecular weight excluding hydrogens is 234 g/mol. The Labute approximate surface area is 117 Å². The van der Waals surface area contributed by atoms with Crippen LogP contribution in [-0.4, -0.2) is 19.7 Å². The van der Waals surface area contributed by atoms with Crippen molar-refractivity contribution in [2.75, 3.05) is 19.7 Å². The molecule has 19 heavy (non-hydrogen) atoms. The molecule has 1 aliphatic rings. The van der Waals surface area contributed by atoms with Crippen molar-refractivity contribution >= 4 is 0 Å². The molecule has 0 radical (unpaired) electrons. The van der Waals surface area contributed by atoms with Crippen molar-refractivity contribution in [1.29, 1.82) is 0 Å². The Hall–Kier alpha value is -1.02. The van der Waals surface area contributed by atoms with E-state index in [1.807, 2.05) is 0 Å². The van der Waals surface area contributed by atoms with Crippen LogP contribution in [-0.2, 0) is 6.42 Å². The SMILES string of the molecule is CC(C)COc1cccc(CCC2CCNCC2)c1. The normalized spacial score (nSPS) is 16.8. The molecule has 1 aromatic carbocycles. The molecule has 0 aliphatic carbocycles. The van der Waals surface area contributed by atoms with E-state index in [0.29, 0.717) is 5.92 Å². The third-order valence-corrected chi connectivity index (χ3v) is 3.78. The Morgan fingerprint density at radius 1 is 1.26 bits per heavy atom. The molecule has 1 heterocycles. The number of piperidine rings is 1. The van der Waals surface area contributed by atoms with Crippen LogP contribution < -0.4 is 10.1 Å². The summed E-state index contributed by atoms with van der Waals surface area (Å²) in [7, 11) is 0. The molecule has 0 aromatic heterocycles. The number of rotatable bonds is 6. The van der Waals surface area contributed by atoms with Crippen LogP contribution in [0.15, 0.2) is 24.3 Å². The molecule has 0 unspecified atom stereocenters. The third kappa shape index (κ3) is 5.23. The molecule has 1 saturated heterocycles. The summed E-state index contributed by atoms with van der Waals surface area (Å²) in [5.41, 5.74) is 1.42. The van der Waals surface area contributed by atoms with Gasteiger partial charge in [0, 0.05) is 0 Å². The predicted octanol–water partition coefficient (Wildman–Crippen LogP) is 3.65. The summed E-state index contributed by atoms with van der Waals surface area (Å²) >= 11 is 0. The van der Waals surface area contributed by atoms with E-state index in [9.17, 15) is 0 Å². The van der Waals surface area contributed by atoms with Gasteiger partial charge in [0.15, 0.2) is 0 Å². The van der Waals surface area contributed by atoms with Gasteiger partial charge >= 0.3 is 0 Å². The Bertz CT molecular complexity index is 369. The van der Waals surface area contributed by atoms with Crippen LogP contribution in [0.3, 0.4) is 0 Å². The molecule has 0 spiro atoms. The van der Waals surface area contributed by atoms with Crippen molar-refractivity contribution in [2.45, 2.75) is 39.5 Å². The van der Waals surface area contributed by atoms with Crippen molar-refractivity contribution in [3.8, 4) is 5.75 Å².